The number of rotatable bonds is 10. The predicted molar refractivity (Wildman–Crippen MR) is 162 cm³/mol. The largest absolute Gasteiger partial charge is 0.497 e. The number of carbonyl (C=O) groups is 1. The van der Waals surface area contributed by atoms with Gasteiger partial charge >= 0.3 is 0 Å². The number of carbonyl (C=O) groups excluding carboxylic acids is 1. The average molecular weight is 588 g/mol. The molecule has 1 aliphatic heterocycles. The number of ether oxygens (including phenoxy) is 2. The molecule has 2 aliphatic carbocycles. The minimum atomic E-state index is -0.0860. The van der Waals surface area contributed by atoms with Gasteiger partial charge in [-0.2, -0.15) is 0 Å². The summed E-state index contributed by atoms with van der Waals surface area (Å²) in [4.78, 5) is 18.8. The predicted octanol–water partition coefficient (Wildman–Crippen LogP) is 6.88. The molecule has 3 aliphatic rings. The quantitative estimate of drug-likeness (QED) is 0.304. The van der Waals surface area contributed by atoms with E-state index in [9.17, 15) is 4.79 Å². The minimum absolute atomic E-state index is 0.0689. The lowest BCUT2D eigenvalue weighted by molar-refractivity contribution is -0.140. The average Bonchev–Trinajstić information content (AvgIpc) is 3.77. The second-order valence-corrected chi connectivity index (χ2v) is 13.5. The molecule has 3 fully saturated rings. The lowest BCUT2D eigenvalue weighted by atomic mass is 9.56. The fourth-order valence-corrected chi connectivity index (χ4v) is 7.58. The van der Waals surface area contributed by atoms with Crippen LogP contribution in [-0.2, 0) is 21.4 Å². The van der Waals surface area contributed by atoms with E-state index in [1.165, 1.54) is 24.9 Å². The Hall–Kier alpha value is -1.79. The SMILES string of the molecule is COc1cccc(C23CCN(CC4CC4)CC2C(OC)CC(N(CC(C)C)C(=O)Cc2ccc(Cl)c(Cl)c2)C3)c1. The van der Waals surface area contributed by atoms with E-state index in [0.717, 1.165) is 49.6 Å². The van der Waals surface area contributed by atoms with Gasteiger partial charge in [0.2, 0.25) is 5.91 Å². The number of hydrogen-bond donors (Lipinski definition) is 0. The molecule has 2 aromatic rings. The first-order valence-electron chi connectivity index (χ1n) is 14.9. The van der Waals surface area contributed by atoms with Gasteiger partial charge in [-0.3, -0.25) is 4.79 Å². The number of piperidine rings is 1. The summed E-state index contributed by atoms with van der Waals surface area (Å²) in [6, 6.07) is 14.2. The second kappa shape index (κ2) is 12.6. The lowest BCUT2D eigenvalue weighted by Gasteiger charge is -2.57. The highest BCUT2D eigenvalue weighted by Crippen LogP contribution is 2.52. The second-order valence-electron chi connectivity index (χ2n) is 12.7. The van der Waals surface area contributed by atoms with E-state index in [1.807, 2.05) is 25.3 Å². The number of halogens is 2. The summed E-state index contributed by atoms with van der Waals surface area (Å²) in [5.41, 5.74) is 2.12. The van der Waals surface area contributed by atoms with Crippen molar-refractivity contribution in [2.75, 3.05) is 40.4 Å². The van der Waals surface area contributed by atoms with Crippen molar-refractivity contribution in [2.45, 2.75) is 69.9 Å². The Morgan fingerprint density at radius 3 is 2.60 bits per heavy atom. The number of likely N-dealkylation sites (tertiary alicyclic amines) is 1. The molecule has 0 aromatic heterocycles. The Labute approximate surface area is 250 Å². The number of fused-ring (bicyclic) bond motifs is 1. The molecular formula is C33H44Cl2N2O3. The van der Waals surface area contributed by atoms with Crippen molar-refractivity contribution in [1.29, 1.82) is 0 Å². The molecule has 0 radical (unpaired) electrons. The molecule has 1 heterocycles. The third-order valence-corrected chi connectivity index (χ3v) is 10.2. The molecule has 218 valence electrons. The monoisotopic (exact) mass is 586 g/mol. The van der Waals surface area contributed by atoms with Crippen molar-refractivity contribution in [2.24, 2.45) is 17.8 Å². The van der Waals surface area contributed by atoms with Gasteiger partial charge in [0.25, 0.3) is 0 Å². The summed E-state index contributed by atoms with van der Waals surface area (Å²) >= 11 is 12.4. The maximum atomic E-state index is 14.0. The van der Waals surface area contributed by atoms with Gasteiger partial charge in [0, 0.05) is 44.1 Å². The van der Waals surface area contributed by atoms with Crippen LogP contribution in [0.25, 0.3) is 0 Å². The van der Waals surface area contributed by atoms with Crippen LogP contribution in [-0.4, -0.2) is 68.3 Å². The molecule has 1 amide bonds. The number of methoxy groups -OCH3 is 2. The number of nitrogens with zero attached hydrogens (tertiary/aromatic N) is 2. The highest BCUT2D eigenvalue weighted by atomic mass is 35.5. The number of benzene rings is 2. The van der Waals surface area contributed by atoms with Crippen LogP contribution in [0.2, 0.25) is 10.0 Å². The third-order valence-electron chi connectivity index (χ3n) is 9.41. The summed E-state index contributed by atoms with van der Waals surface area (Å²) in [6.45, 7) is 8.41. The van der Waals surface area contributed by atoms with Gasteiger partial charge in [0.15, 0.2) is 0 Å². The smallest absolute Gasteiger partial charge is 0.227 e. The van der Waals surface area contributed by atoms with Crippen LogP contribution in [0.5, 0.6) is 5.75 Å². The Morgan fingerprint density at radius 1 is 1.12 bits per heavy atom. The molecule has 4 unspecified atom stereocenters. The maximum absolute atomic E-state index is 14.0. The zero-order valence-corrected chi connectivity index (χ0v) is 25.9. The molecule has 7 heteroatoms. The third kappa shape index (κ3) is 6.48. The molecule has 40 heavy (non-hydrogen) atoms. The van der Waals surface area contributed by atoms with E-state index >= 15 is 0 Å². The van der Waals surface area contributed by atoms with Crippen LogP contribution in [0, 0.1) is 17.8 Å². The van der Waals surface area contributed by atoms with E-state index in [1.54, 1.807) is 13.2 Å². The van der Waals surface area contributed by atoms with Crippen LogP contribution < -0.4 is 4.74 Å². The lowest BCUT2D eigenvalue weighted by Crippen LogP contribution is -2.62. The zero-order chi connectivity index (χ0) is 28.4. The van der Waals surface area contributed by atoms with Crippen LogP contribution >= 0.6 is 23.2 Å². The minimum Gasteiger partial charge on any atom is -0.497 e. The van der Waals surface area contributed by atoms with E-state index < -0.39 is 0 Å². The summed E-state index contributed by atoms with van der Waals surface area (Å²) in [6.07, 6.45) is 5.95. The normalized spacial score (nSPS) is 26.9. The van der Waals surface area contributed by atoms with Crippen molar-refractivity contribution >= 4 is 29.1 Å². The maximum Gasteiger partial charge on any atom is 0.227 e. The van der Waals surface area contributed by atoms with Crippen molar-refractivity contribution in [3.05, 3.63) is 63.6 Å². The highest BCUT2D eigenvalue weighted by molar-refractivity contribution is 6.42. The summed E-state index contributed by atoms with van der Waals surface area (Å²) in [7, 11) is 3.59. The van der Waals surface area contributed by atoms with Crippen LogP contribution in [0.4, 0.5) is 0 Å². The van der Waals surface area contributed by atoms with Crippen LogP contribution in [0.3, 0.4) is 0 Å². The molecule has 2 saturated carbocycles. The molecule has 2 aromatic carbocycles. The van der Waals surface area contributed by atoms with E-state index in [4.69, 9.17) is 32.7 Å². The first-order valence-corrected chi connectivity index (χ1v) is 15.6. The molecule has 0 N–H and O–H groups in total. The number of amides is 1. The fraction of sp³-hybridized carbons (Fsp3) is 0.606. The summed E-state index contributed by atoms with van der Waals surface area (Å²) in [5, 5.41) is 0.990. The number of hydrogen-bond acceptors (Lipinski definition) is 4. The molecule has 0 bridgehead atoms. The topological polar surface area (TPSA) is 42.0 Å². The van der Waals surface area contributed by atoms with Crippen molar-refractivity contribution in [3.63, 3.8) is 0 Å². The van der Waals surface area contributed by atoms with Gasteiger partial charge < -0.3 is 19.3 Å². The van der Waals surface area contributed by atoms with Gasteiger partial charge in [-0.05, 0) is 85.9 Å². The zero-order valence-electron chi connectivity index (χ0n) is 24.4. The summed E-state index contributed by atoms with van der Waals surface area (Å²) < 4.78 is 12.0. The highest BCUT2D eigenvalue weighted by Gasteiger charge is 2.54. The standard InChI is InChI=1S/C33H44Cl2N2O3/c1-22(2)19-37(32(38)15-24-10-11-29(34)30(35)14-24)26-17-31(40-4)28-21-36(20-23-8-9-23)13-12-33(28,18-26)25-6-5-7-27(16-25)39-3/h5-7,10-11,14,16,22-23,26,28,31H,8-9,12-13,15,17-21H2,1-4H3. The molecule has 4 atom stereocenters. The van der Waals surface area contributed by atoms with Crippen LogP contribution in [0.1, 0.15) is 57.1 Å². The first-order chi connectivity index (χ1) is 19.2. The molecule has 5 nitrogen and oxygen atoms in total. The van der Waals surface area contributed by atoms with E-state index in [2.05, 4.69) is 41.8 Å². The molecule has 5 rings (SSSR count). The summed E-state index contributed by atoms with van der Waals surface area (Å²) in [5.74, 6) is 2.60. The molecule has 0 spiro atoms. The van der Waals surface area contributed by atoms with Crippen molar-refractivity contribution in [3.8, 4) is 5.75 Å². The van der Waals surface area contributed by atoms with Crippen LogP contribution in [0.15, 0.2) is 42.5 Å². The Kier molecular flexibility index (Phi) is 9.36. The van der Waals surface area contributed by atoms with Gasteiger partial charge in [-0.25, -0.2) is 0 Å². The Balaban J connectivity index is 1.48. The van der Waals surface area contributed by atoms with E-state index in [0.29, 0.717) is 34.8 Å². The molecule has 1 saturated heterocycles. The Morgan fingerprint density at radius 2 is 1.93 bits per heavy atom. The van der Waals surface area contributed by atoms with Gasteiger partial charge in [0.1, 0.15) is 5.75 Å². The van der Waals surface area contributed by atoms with Crippen molar-refractivity contribution in [1.82, 2.24) is 9.80 Å². The fourth-order valence-electron chi connectivity index (χ4n) is 7.26. The Bertz CT molecular complexity index is 1190. The van der Waals surface area contributed by atoms with E-state index in [-0.39, 0.29) is 23.5 Å². The van der Waals surface area contributed by atoms with Gasteiger partial charge in [0.05, 0.1) is 29.7 Å². The van der Waals surface area contributed by atoms with Crippen molar-refractivity contribution < 1.29 is 14.3 Å². The van der Waals surface area contributed by atoms with Gasteiger partial charge in [-0.15, -0.1) is 0 Å². The van der Waals surface area contributed by atoms with Gasteiger partial charge in [-0.1, -0.05) is 55.2 Å². The first kappa shape index (κ1) is 29.7. The molecular weight excluding hydrogens is 543 g/mol.